The number of amides is 1. The second-order valence-corrected chi connectivity index (χ2v) is 4.92. The van der Waals surface area contributed by atoms with Crippen molar-refractivity contribution >= 4 is 5.91 Å². The molecular formula is C15H16F3N3O2. The standard InChI is InChI=1S/C15H16F3N3O2/c1-23-10-12-4-2-11(3-5-12)8-19-14(22)9-21-7-6-13(20-21)15(16,17)18/h2-7H,8-10H2,1H3,(H,19,22). The summed E-state index contributed by atoms with van der Waals surface area (Å²) < 4.78 is 43.2. The minimum absolute atomic E-state index is 0.266. The maximum Gasteiger partial charge on any atom is 0.435 e. The molecule has 0 unspecified atom stereocenters. The Morgan fingerprint density at radius 1 is 1.22 bits per heavy atom. The molecule has 0 aliphatic rings. The van der Waals surface area contributed by atoms with E-state index in [1.54, 1.807) is 7.11 Å². The van der Waals surface area contributed by atoms with E-state index in [9.17, 15) is 18.0 Å². The maximum atomic E-state index is 12.4. The number of alkyl halides is 3. The van der Waals surface area contributed by atoms with Gasteiger partial charge in [-0.15, -0.1) is 0 Å². The number of ether oxygens (including phenoxy) is 1. The van der Waals surface area contributed by atoms with Crippen molar-refractivity contribution in [2.24, 2.45) is 0 Å². The number of aromatic nitrogens is 2. The summed E-state index contributed by atoms with van der Waals surface area (Å²) in [7, 11) is 1.60. The minimum atomic E-state index is -4.51. The first-order chi connectivity index (χ1) is 10.9. The average molecular weight is 327 g/mol. The largest absolute Gasteiger partial charge is 0.435 e. The number of carbonyl (C=O) groups excluding carboxylic acids is 1. The summed E-state index contributed by atoms with van der Waals surface area (Å²) in [6, 6.07) is 8.30. The predicted octanol–water partition coefficient (Wildman–Crippen LogP) is 2.36. The zero-order chi connectivity index (χ0) is 16.9. The van der Waals surface area contributed by atoms with Crippen molar-refractivity contribution in [3.63, 3.8) is 0 Å². The maximum absolute atomic E-state index is 12.4. The first-order valence-electron chi connectivity index (χ1n) is 6.82. The van der Waals surface area contributed by atoms with Gasteiger partial charge in [0.1, 0.15) is 6.54 Å². The Morgan fingerprint density at radius 3 is 2.43 bits per heavy atom. The number of nitrogens with zero attached hydrogens (tertiary/aromatic N) is 2. The molecule has 0 spiro atoms. The number of hydrogen-bond donors (Lipinski definition) is 1. The molecule has 124 valence electrons. The quantitative estimate of drug-likeness (QED) is 0.886. The number of halogens is 3. The molecule has 8 heteroatoms. The zero-order valence-electron chi connectivity index (χ0n) is 12.4. The Hall–Kier alpha value is -2.35. The van der Waals surface area contributed by atoms with Gasteiger partial charge >= 0.3 is 6.18 Å². The van der Waals surface area contributed by atoms with Crippen LogP contribution in [0.2, 0.25) is 0 Å². The molecule has 0 atom stereocenters. The highest BCUT2D eigenvalue weighted by Gasteiger charge is 2.33. The van der Waals surface area contributed by atoms with E-state index in [1.165, 1.54) is 0 Å². The summed E-state index contributed by atoms with van der Waals surface area (Å²) in [5, 5.41) is 5.96. The van der Waals surface area contributed by atoms with Crippen LogP contribution in [-0.2, 0) is 35.4 Å². The lowest BCUT2D eigenvalue weighted by Gasteiger charge is -2.07. The fourth-order valence-electron chi connectivity index (χ4n) is 1.92. The van der Waals surface area contributed by atoms with Crippen LogP contribution in [-0.4, -0.2) is 22.8 Å². The van der Waals surface area contributed by atoms with E-state index >= 15 is 0 Å². The summed E-state index contributed by atoms with van der Waals surface area (Å²) in [6.07, 6.45) is -3.38. The normalized spacial score (nSPS) is 11.5. The van der Waals surface area contributed by atoms with E-state index in [2.05, 4.69) is 10.4 Å². The molecule has 1 N–H and O–H groups in total. The molecule has 0 bridgehead atoms. The number of benzene rings is 1. The molecule has 0 fully saturated rings. The van der Waals surface area contributed by atoms with E-state index in [0.29, 0.717) is 13.2 Å². The van der Waals surface area contributed by atoms with Crippen molar-refractivity contribution in [3.8, 4) is 0 Å². The average Bonchev–Trinajstić information content (AvgIpc) is 2.95. The fourth-order valence-corrected chi connectivity index (χ4v) is 1.92. The molecule has 0 aliphatic carbocycles. The first kappa shape index (κ1) is 17.0. The molecule has 1 aromatic heterocycles. The molecule has 0 aliphatic heterocycles. The van der Waals surface area contributed by atoms with Gasteiger partial charge in [0, 0.05) is 19.9 Å². The predicted molar refractivity (Wildman–Crippen MR) is 76.2 cm³/mol. The molecule has 1 heterocycles. The number of methoxy groups -OCH3 is 1. The van der Waals surface area contributed by atoms with Crippen molar-refractivity contribution in [2.75, 3.05) is 7.11 Å². The zero-order valence-corrected chi connectivity index (χ0v) is 12.4. The molecule has 23 heavy (non-hydrogen) atoms. The van der Waals surface area contributed by atoms with E-state index in [-0.39, 0.29) is 6.54 Å². The van der Waals surface area contributed by atoms with Gasteiger partial charge in [0.25, 0.3) is 0 Å². The number of rotatable bonds is 6. The van der Waals surface area contributed by atoms with Gasteiger partial charge in [0.05, 0.1) is 6.61 Å². The molecule has 0 saturated carbocycles. The Bertz CT molecular complexity index is 651. The Kier molecular flexibility index (Phi) is 5.38. The van der Waals surface area contributed by atoms with E-state index < -0.39 is 17.8 Å². The molecule has 5 nitrogen and oxygen atoms in total. The van der Waals surface area contributed by atoms with E-state index in [4.69, 9.17) is 4.74 Å². The third kappa shape index (κ3) is 5.10. The van der Waals surface area contributed by atoms with Gasteiger partial charge in [-0.25, -0.2) is 0 Å². The molecule has 0 radical (unpaired) electrons. The van der Waals surface area contributed by atoms with Crippen molar-refractivity contribution < 1.29 is 22.7 Å². The lowest BCUT2D eigenvalue weighted by Crippen LogP contribution is -2.27. The van der Waals surface area contributed by atoms with Crippen LogP contribution in [0.25, 0.3) is 0 Å². The SMILES string of the molecule is COCc1ccc(CNC(=O)Cn2ccc(C(F)(F)F)n2)cc1. The van der Waals surface area contributed by atoms with E-state index in [0.717, 1.165) is 28.1 Å². The van der Waals surface area contributed by atoms with Crippen LogP contribution in [0.15, 0.2) is 36.5 Å². The van der Waals surface area contributed by atoms with Crippen molar-refractivity contribution in [2.45, 2.75) is 25.9 Å². The minimum Gasteiger partial charge on any atom is -0.380 e. The molecule has 1 aromatic carbocycles. The van der Waals surface area contributed by atoms with Gasteiger partial charge in [0.15, 0.2) is 5.69 Å². The van der Waals surface area contributed by atoms with Crippen molar-refractivity contribution in [1.29, 1.82) is 0 Å². The first-order valence-corrected chi connectivity index (χ1v) is 6.82. The second kappa shape index (κ2) is 7.28. The monoisotopic (exact) mass is 327 g/mol. The van der Waals surface area contributed by atoms with Crippen LogP contribution in [0, 0.1) is 0 Å². The number of hydrogen-bond acceptors (Lipinski definition) is 3. The molecule has 2 rings (SSSR count). The van der Waals surface area contributed by atoms with Crippen LogP contribution in [0.1, 0.15) is 16.8 Å². The topological polar surface area (TPSA) is 56.1 Å². The molecule has 1 amide bonds. The van der Waals surface area contributed by atoms with Crippen molar-refractivity contribution in [3.05, 3.63) is 53.3 Å². The summed E-state index contributed by atoms with van der Waals surface area (Å²) in [5.74, 6) is -0.414. The Balaban J connectivity index is 1.84. The van der Waals surface area contributed by atoms with Crippen molar-refractivity contribution in [1.82, 2.24) is 15.1 Å². The summed E-state index contributed by atoms with van der Waals surface area (Å²) >= 11 is 0. The highest BCUT2D eigenvalue weighted by molar-refractivity contribution is 5.75. The third-order valence-electron chi connectivity index (χ3n) is 3.06. The highest BCUT2D eigenvalue weighted by atomic mass is 19.4. The van der Waals surface area contributed by atoms with Gasteiger partial charge in [0.2, 0.25) is 5.91 Å². The van der Waals surface area contributed by atoms with E-state index in [1.807, 2.05) is 24.3 Å². The van der Waals surface area contributed by atoms with Gasteiger partial charge < -0.3 is 10.1 Å². The number of nitrogens with one attached hydrogen (secondary N) is 1. The smallest absolute Gasteiger partial charge is 0.380 e. The van der Waals surface area contributed by atoms with Crippen LogP contribution >= 0.6 is 0 Å². The summed E-state index contributed by atoms with van der Waals surface area (Å²) in [4.78, 5) is 11.7. The third-order valence-corrected chi connectivity index (χ3v) is 3.06. The van der Waals surface area contributed by atoms with Crippen LogP contribution in [0.4, 0.5) is 13.2 Å². The van der Waals surface area contributed by atoms with Gasteiger partial charge in [-0.2, -0.15) is 18.3 Å². The van der Waals surface area contributed by atoms with Crippen LogP contribution < -0.4 is 5.32 Å². The molecule has 0 saturated heterocycles. The molecular weight excluding hydrogens is 311 g/mol. The van der Waals surface area contributed by atoms with Crippen LogP contribution in [0.5, 0.6) is 0 Å². The highest BCUT2D eigenvalue weighted by Crippen LogP contribution is 2.27. The Labute approximate surface area is 131 Å². The summed E-state index contributed by atoms with van der Waals surface area (Å²) in [5.41, 5.74) is 0.882. The van der Waals surface area contributed by atoms with Gasteiger partial charge in [-0.1, -0.05) is 24.3 Å². The lowest BCUT2D eigenvalue weighted by molar-refractivity contribution is -0.141. The molecule has 2 aromatic rings. The van der Waals surface area contributed by atoms with Gasteiger partial charge in [-0.05, 0) is 17.2 Å². The summed E-state index contributed by atoms with van der Waals surface area (Å²) in [6.45, 7) is 0.533. The van der Waals surface area contributed by atoms with Crippen LogP contribution in [0.3, 0.4) is 0 Å². The number of carbonyl (C=O) groups is 1. The fraction of sp³-hybridized carbons (Fsp3) is 0.333. The van der Waals surface area contributed by atoms with Gasteiger partial charge in [-0.3, -0.25) is 9.48 Å². The second-order valence-electron chi connectivity index (χ2n) is 4.92. The lowest BCUT2D eigenvalue weighted by atomic mass is 10.1. The Morgan fingerprint density at radius 2 is 1.87 bits per heavy atom.